The van der Waals surface area contributed by atoms with Crippen LogP contribution in [0.5, 0.6) is 0 Å². The molecule has 0 amide bonds. The monoisotopic (exact) mass is 445 g/mol. The van der Waals surface area contributed by atoms with Crippen LogP contribution in [0, 0.1) is 23.5 Å². The summed E-state index contributed by atoms with van der Waals surface area (Å²) in [7, 11) is -4.26. The molecule has 0 bridgehead atoms. The van der Waals surface area contributed by atoms with Crippen LogP contribution in [0.3, 0.4) is 0 Å². The number of halogens is 3. The number of rotatable bonds is 3. The lowest BCUT2D eigenvalue weighted by Gasteiger charge is -2.11. The van der Waals surface area contributed by atoms with E-state index in [4.69, 9.17) is 11.6 Å². The molecule has 0 aliphatic carbocycles. The molecule has 1 aromatic carbocycles. The highest BCUT2D eigenvalue weighted by Gasteiger charge is 2.22. The number of hydrogen-bond donors (Lipinski definition) is 2. The molecule has 0 radical (unpaired) electrons. The van der Waals surface area contributed by atoms with Gasteiger partial charge in [-0.2, -0.15) is 5.10 Å². The molecule has 0 fully saturated rings. The molecule has 0 atom stereocenters. The van der Waals surface area contributed by atoms with Crippen LogP contribution < -0.4 is 4.72 Å². The Labute approximate surface area is 174 Å². The number of aromatic amines is 1. The van der Waals surface area contributed by atoms with Gasteiger partial charge in [0.2, 0.25) is 0 Å². The smallest absolute Gasteiger partial charge is 0.265 e. The molecular formula is C19H10ClF2N5O2S. The van der Waals surface area contributed by atoms with Gasteiger partial charge in [0.15, 0.2) is 11.5 Å². The first-order chi connectivity index (χ1) is 14.3. The summed E-state index contributed by atoms with van der Waals surface area (Å²) in [4.78, 5) is 7.42. The number of anilines is 1. The highest BCUT2D eigenvalue weighted by Crippen LogP contribution is 2.25. The first-order valence-corrected chi connectivity index (χ1v) is 10.1. The van der Waals surface area contributed by atoms with E-state index in [2.05, 4.69) is 32.0 Å². The van der Waals surface area contributed by atoms with Crippen LogP contribution in [0.4, 0.5) is 14.5 Å². The molecule has 4 aromatic rings. The molecule has 0 unspecified atom stereocenters. The molecule has 0 aliphatic heterocycles. The lowest BCUT2D eigenvalue weighted by molar-refractivity contribution is 0.578. The number of sulfonamides is 1. The van der Waals surface area contributed by atoms with Crippen molar-refractivity contribution in [1.82, 2.24) is 20.2 Å². The summed E-state index contributed by atoms with van der Waals surface area (Å²) < 4.78 is 56.1. The van der Waals surface area contributed by atoms with Crippen molar-refractivity contribution in [2.75, 3.05) is 4.72 Å². The molecule has 3 aromatic heterocycles. The van der Waals surface area contributed by atoms with Crippen molar-refractivity contribution in [3.63, 3.8) is 0 Å². The number of benzene rings is 1. The van der Waals surface area contributed by atoms with E-state index in [1.807, 2.05) is 4.72 Å². The number of fused-ring (bicyclic) bond motifs is 1. The zero-order valence-electron chi connectivity index (χ0n) is 14.8. The Balaban J connectivity index is 1.70. The molecule has 0 saturated carbocycles. The molecule has 150 valence electrons. The number of nitrogens with one attached hydrogen (secondary N) is 2. The van der Waals surface area contributed by atoms with Gasteiger partial charge in [-0.3, -0.25) is 9.82 Å². The maximum atomic E-state index is 14.8. The van der Waals surface area contributed by atoms with Gasteiger partial charge in [0, 0.05) is 23.3 Å². The summed E-state index contributed by atoms with van der Waals surface area (Å²) in [6.07, 6.45) is 4.26. The van der Waals surface area contributed by atoms with Gasteiger partial charge in [-0.1, -0.05) is 23.4 Å². The highest BCUT2D eigenvalue weighted by atomic mass is 35.5. The second kappa shape index (κ2) is 7.70. The molecule has 0 aliphatic rings. The number of H-pyrrole nitrogens is 1. The minimum Gasteiger partial charge on any atom is -0.277 e. The van der Waals surface area contributed by atoms with Gasteiger partial charge >= 0.3 is 0 Å². The van der Waals surface area contributed by atoms with Crippen molar-refractivity contribution < 1.29 is 17.2 Å². The van der Waals surface area contributed by atoms with Gasteiger partial charge in [0.05, 0.1) is 17.4 Å². The van der Waals surface area contributed by atoms with Crippen LogP contribution in [0.2, 0.25) is 5.15 Å². The minimum atomic E-state index is -4.26. The molecule has 0 spiro atoms. The molecular weight excluding hydrogens is 436 g/mol. The van der Waals surface area contributed by atoms with E-state index in [-0.39, 0.29) is 10.0 Å². The maximum absolute atomic E-state index is 14.8. The van der Waals surface area contributed by atoms with Gasteiger partial charge in [-0.05, 0) is 30.3 Å². The Morgan fingerprint density at radius 2 is 1.93 bits per heavy atom. The van der Waals surface area contributed by atoms with Crippen molar-refractivity contribution in [2.45, 2.75) is 4.90 Å². The van der Waals surface area contributed by atoms with Gasteiger partial charge in [-0.15, -0.1) is 0 Å². The molecule has 4 rings (SSSR count). The number of hydrogen-bond acceptors (Lipinski definition) is 5. The van der Waals surface area contributed by atoms with E-state index in [0.717, 1.165) is 12.1 Å². The SMILES string of the molecule is O=S(=O)(Nc1ccc(F)c(C#Cc2cnc3[nH]ncc3c2)c1F)c1cccnc1Cl. The lowest BCUT2D eigenvalue weighted by atomic mass is 10.1. The fourth-order valence-corrected chi connectivity index (χ4v) is 4.07. The largest absolute Gasteiger partial charge is 0.277 e. The van der Waals surface area contributed by atoms with Crippen LogP contribution in [0.15, 0.2) is 53.8 Å². The highest BCUT2D eigenvalue weighted by molar-refractivity contribution is 7.92. The predicted octanol–water partition coefficient (Wildman–Crippen LogP) is 3.49. The molecule has 0 saturated heterocycles. The zero-order chi connectivity index (χ0) is 21.3. The van der Waals surface area contributed by atoms with E-state index in [1.165, 1.54) is 30.7 Å². The Morgan fingerprint density at radius 3 is 2.73 bits per heavy atom. The van der Waals surface area contributed by atoms with Crippen molar-refractivity contribution in [3.05, 3.63) is 76.8 Å². The Morgan fingerprint density at radius 1 is 1.10 bits per heavy atom. The third-order valence-electron chi connectivity index (χ3n) is 3.97. The van der Waals surface area contributed by atoms with Gasteiger partial charge < -0.3 is 0 Å². The topological polar surface area (TPSA) is 101 Å². The number of pyridine rings is 2. The summed E-state index contributed by atoms with van der Waals surface area (Å²) in [6.45, 7) is 0. The van der Waals surface area contributed by atoms with Crippen molar-refractivity contribution >= 4 is 38.3 Å². The summed E-state index contributed by atoms with van der Waals surface area (Å²) in [5.74, 6) is 2.89. The van der Waals surface area contributed by atoms with Crippen LogP contribution in [-0.2, 0) is 10.0 Å². The second-order valence-electron chi connectivity index (χ2n) is 5.96. The van der Waals surface area contributed by atoms with Crippen LogP contribution in [0.25, 0.3) is 11.0 Å². The summed E-state index contributed by atoms with van der Waals surface area (Å²) in [6, 6.07) is 6.08. The quantitative estimate of drug-likeness (QED) is 0.371. The zero-order valence-corrected chi connectivity index (χ0v) is 16.4. The normalized spacial score (nSPS) is 11.2. The van der Waals surface area contributed by atoms with E-state index in [9.17, 15) is 17.2 Å². The third kappa shape index (κ3) is 3.80. The third-order valence-corrected chi connectivity index (χ3v) is 5.78. The molecule has 11 heteroatoms. The first-order valence-electron chi connectivity index (χ1n) is 8.27. The molecule has 30 heavy (non-hydrogen) atoms. The summed E-state index contributed by atoms with van der Waals surface area (Å²) >= 11 is 5.80. The van der Waals surface area contributed by atoms with Crippen LogP contribution in [0.1, 0.15) is 11.1 Å². The fraction of sp³-hybridized carbons (Fsp3) is 0. The van der Waals surface area contributed by atoms with E-state index < -0.39 is 32.9 Å². The predicted molar refractivity (Wildman–Crippen MR) is 106 cm³/mol. The van der Waals surface area contributed by atoms with Crippen molar-refractivity contribution in [1.29, 1.82) is 0 Å². The van der Waals surface area contributed by atoms with E-state index >= 15 is 0 Å². The Hall–Kier alpha value is -3.55. The average Bonchev–Trinajstić information content (AvgIpc) is 3.18. The van der Waals surface area contributed by atoms with Crippen LogP contribution >= 0.6 is 11.6 Å². The number of aromatic nitrogens is 4. The average molecular weight is 446 g/mol. The maximum Gasteiger partial charge on any atom is 0.265 e. The van der Waals surface area contributed by atoms with Gasteiger partial charge in [-0.25, -0.2) is 27.2 Å². The van der Waals surface area contributed by atoms with Crippen LogP contribution in [-0.4, -0.2) is 28.6 Å². The fourth-order valence-electron chi connectivity index (χ4n) is 2.56. The van der Waals surface area contributed by atoms with Gasteiger partial charge in [0.25, 0.3) is 10.0 Å². The van der Waals surface area contributed by atoms with Crippen molar-refractivity contribution in [3.8, 4) is 11.8 Å². The Bertz CT molecular complexity index is 1440. The molecule has 2 N–H and O–H groups in total. The first kappa shape index (κ1) is 19.8. The summed E-state index contributed by atoms with van der Waals surface area (Å²) in [5.41, 5.74) is -0.136. The van der Waals surface area contributed by atoms with E-state index in [0.29, 0.717) is 16.6 Å². The minimum absolute atomic E-state index is 0.283. The Kier molecular flexibility index (Phi) is 5.07. The van der Waals surface area contributed by atoms with Crippen molar-refractivity contribution in [2.24, 2.45) is 0 Å². The number of nitrogens with zero attached hydrogens (tertiary/aromatic N) is 3. The standard InChI is InChI=1S/C19H10ClF2N5O2S/c20-18-16(2-1-7-23-18)30(28,29)27-15-6-5-14(21)13(17(15)22)4-3-11-8-12-10-25-26-19(12)24-9-11/h1-2,5-10,27H,(H,24,25,26). The van der Waals surface area contributed by atoms with E-state index in [1.54, 1.807) is 6.07 Å². The molecule has 7 nitrogen and oxygen atoms in total. The lowest BCUT2D eigenvalue weighted by Crippen LogP contribution is -2.15. The summed E-state index contributed by atoms with van der Waals surface area (Å²) in [5, 5.41) is 6.90. The van der Waals surface area contributed by atoms with Gasteiger partial charge in [0.1, 0.15) is 15.9 Å². The molecule has 3 heterocycles. The second-order valence-corrected chi connectivity index (χ2v) is 7.97.